The smallest absolute Gasteiger partial charge is 0.356 e. The Hall–Kier alpha value is -0.650. The fraction of sp³-hybridized carbons (Fsp3) is 0.875. The fourth-order valence-corrected chi connectivity index (χ4v) is 1.22. The van der Waals surface area contributed by atoms with Gasteiger partial charge in [0.05, 0.1) is 6.61 Å². The molecule has 0 aromatic carbocycles. The SMILES string of the molecule is O=C(ON1CCCCC1)C(O)CO. The summed E-state index contributed by atoms with van der Waals surface area (Å²) in [6, 6.07) is 0. The second-order valence-electron chi connectivity index (χ2n) is 3.10. The molecular formula is C8H15NO4. The van der Waals surface area contributed by atoms with Crippen LogP contribution in [0.1, 0.15) is 19.3 Å². The number of hydrogen-bond donors (Lipinski definition) is 2. The van der Waals surface area contributed by atoms with E-state index in [0.29, 0.717) is 13.1 Å². The van der Waals surface area contributed by atoms with Gasteiger partial charge < -0.3 is 15.1 Å². The first-order valence-corrected chi connectivity index (χ1v) is 4.49. The van der Waals surface area contributed by atoms with E-state index in [-0.39, 0.29) is 0 Å². The van der Waals surface area contributed by atoms with Crippen molar-refractivity contribution in [2.45, 2.75) is 25.4 Å². The van der Waals surface area contributed by atoms with Crippen molar-refractivity contribution < 1.29 is 19.8 Å². The predicted molar refractivity (Wildman–Crippen MR) is 44.6 cm³/mol. The van der Waals surface area contributed by atoms with E-state index in [2.05, 4.69) is 0 Å². The first kappa shape index (κ1) is 10.4. The van der Waals surface area contributed by atoms with Crippen molar-refractivity contribution >= 4 is 5.97 Å². The zero-order chi connectivity index (χ0) is 9.68. The Morgan fingerprint density at radius 3 is 2.54 bits per heavy atom. The van der Waals surface area contributed by atoms with Crippen LogP contribution in [0.5, 0.6) is 0 Å². The van der Waals surface area contributed by atoms with Crippen molar-refractivity contribution in [1.29, 1.82) is 0 Å². The number of aliphatic hydroxyl groups is 2. The van der Waals surface area contributed by atoms with E-state index in [9.17, 15) is 4.79 Å². The minimum absolute atomic E-state index is 0.591. The molecule has 0 aromatic rings. The molecule has 1 saturated heterocycles. The van der Waals surface area contributed by atoms with Crippen LogP contribution >= 0.6 is 0 Å². The summed E-state index contributed by atoms with van der Waals surface area (Å²) in [6.07, 6.45) is 1.74. The molecule has 1 heterocycles. The Balaban J connectivity index is 2.26. The second-order valence-corrected chi connectivity index (χ2v) is 3.10. The van der Waals surface area contributed by atoms with Crippen LogP contribution in [0.15, 0.2) is 0 Å². The first-order valence-electron chi connectivity index (χ1n) is 4.49. The van der Waals surface area contributed by atoms with Gasteiger partial charge in [-0.05, 0) is 12.8 Å². The number of hydrogen-bond acceptors (Lipinski definition) is 5. The number of hydroxylamine groups is 2. The van der Waals surface area contributed by atoms with Gasteiger partial charge in [-0.3, -0.25) is 0 Å². The lowest BCUT2D eigenvalue weighted by Crippen LogP contribution is -2.37. The molecule has 0 aliphatic carbocycles. The molecule has 0 spiro atoms. The summed E-state index contributed by atoms with van der Waals surface area (Å²) >= 11 is 0. The Morgan fingerprint density at radius 1 is 1.38 bits per heavy atom. The van der Waals surface area contributed by atoms with Crippen LogP contribution in [0.4, 0.5) is 0 Å². The van der Waals surface area contributed by atoms with E-state index in [0.717, 1.165) is 19.3 Å². The van der Waals surface area contributed by atoms with Crippen molar-refractivity contribution in [2.24, 2.45) is 0 Å². The minimum atomic E-state index is -1.41. The maximum absolute atomic E-state index is 11.0. The lowest BCUT2D eigenvalue weighted by atomic mass is 10.2. The molecule has 0 amide bonds. The monoisotopic (exact) mass is 189 g/mol. The van der Waals surface area contributed by atoms with Crippen LogP contribution in [-0.2, 0) is 9.63 Å². The Labute approximate surface area is 76.9 Å². The first-order chi connectivity index (χ1) is 6.24. The molecule has 5 heteroatoms. The van der Waals surface area contributed by atoms with Crippen LogP contribution in [0.3, 0.4) is 0 Å². The summed E-state index contributed by atoms with van der Waals surface area (Å²) in [7, 11) is 0. The highest BCUT2D eigenvalue weighted by Gasteiger charge is 2.20. The van der Waals surface area contributed by atoms with Gasteiger partial charge in [-0.15, -0.1) is 5.06 Å². The third-order valence-electron chi connectivity index (χ3n) is 1.98. The number of carbonyl (C=O) groups is 1. The minimum Gasteiger partial charge on any atom is -0.393 e. The normalized spacial score (nSPS) is 21.1. The average molecular weight is 189 g/mol. The van der Waals surface area contributed by atoms with Gasteiger partial charge in [0, 0.05) is 13.1 Å². The summed E-state index contributed by atoms with van der Waals surface area (Å²) in [5.74, 6) is -0.774. The predicted octanol–water partition coefficient (Wildman–Crippen LogP) is -0.716. The molecule has 0 radical (unpaired) electrons. The molecule has 13 heavy (non-hydrogen) atoms. The molecule has 0 bridgehead atoms. The molecule has 1 fully saturated rings. The molecule has 0 saturated carbocycles. The van der Waals surface area contributed by atoms with Crippen LogP contribution < -0.4 is 0 Å². The van der Waals surface area contributed by atoms with E-state index >= 15 is 0 Å². The number of rotatable bonds is 3. The summed E-state index contributed by atoms with van der Waals surface area (Å²) in [5.41, 5.74) is 0. The topological polar surface area (TPSA) is 70.0 Å². The fourth-order valence-electron chi connectivity index (χ4n) is 1.22. The molecule has 1 unspecified atom stereocenters. The number of aliphatic hydroxyl groups excluding tert-OH is 2. The van der Waals surface area contributed by atoms with Crippen molar-refractivity contribution in [3.63, 3.8) is 0 Å². The molecule has 1 aliphatic rings. The second kappa shape index (κ2) is 5.16. The number of carbonyl (C=O) groups excluding carboxylic acids is 1. The molecule has 2 N–H and O–H groups in total. The van der Waals surface area contributed by atoms with Gasteiger partial charge in [0.1, 0.15) is 0 Å². The van der Waals surface area contributed by atoms with E-state index in [1.165, 1.54) is 5.06 Å². The van der Waals surface area contributed by atoms with Crippen molar-refractivity contribution in [3.05, 3.63) is 0 Å². The third-order valence-corrected chi connectivity index (χ3v) is 1.98. The highest BCUT2D eigenvalue weighted by atomic mass is 16.7. The van der Waals surface area contributed by atoms with E-state index in [4.69, 9.17) is 15.1 Å². The van der Waals surface area contributed by atoms with Gasteiger partial charge in [-0.2, -0.15) is 0 Å². The van der Waals surface area contributed by atoms with Gasteiger partial charge >= 0.3 is 5.97 Å². The molecule has 1 rings (SSSR count). The standard InChI is InChI=1S/C8H15NO4/c10-6-7(11)8(12)13-9-4-2-1-3-5-9/h7,10-11H,1-6H2. The molecule has 1 atom stereocenters. The number of piperidine rings is 1. The zero-order valence-electron chi connectivity index (χ0n) is 7.48. The van der Waals surface area contributed by atoms with Gasteiger partial charge in [-0.25, -0.2) is 4.79 Å². The average Bonchev–Trinajstić information content (AvgIpc) is 2.18. The Bertz CT molecular complexity index is 168. The summed E-state index contributed by atoms with van der Waals surface area (Å²) in [6.45, 7) is 0.834. The highest BCUT2D eigenvalue weighted by molar-refractivity contribution is 5.74. The van der Waals surface area contributed by atoms with Crippen LogP contribution in [-0.4, -0.2) is 47.0 Å². The summed E-state index contributed by atoms with van der Waals surface area (Å²) < 4.78 is 0. The van der Waals surface area contributed by atoms with Gasteiger partial charge in [-0.1, -0.05) is 6.42 Å². The molecule has 5 nitrogen and oxygen atoms in total. The lowest BCUT2D eigenvalue weighted by molar-refractivity contribution is -0.205. The van der Waals surface area contributed by atoms with Gasteiger partial charge in [0.15, 0.2) is 6.10 Å². The van der Waals surface area contributed by atoms with E-state index in [1.54, 1.807) is 0 Å². The molecular weight excluding hydrogens is 174 g/mol. The van der Waals surface area contributed by atoms with Crippen molar-refractivity contribution in [2.75, 3.05) is 19.7 Å². The van der Waals surface area contributed by atoms with Gasteiger partial charge in [0.25, 0.3) is 0 Å². The van der Waals surface area contributed by atoms with Crippen LogP contribution in [0.25, 0.3) is 0 Å². The summed E-state index contributed by atoms with van der Waals surface area (Å²) in [5, 5.41) is 18.9. The number of nitrogens with zero attached hydrogens (tertiary/aromatic N) is 1. The molecule has 0 aromatic heterocycles. The largest absolute Gasteiger partial charge is 0.393 e. The molecule has 1 aliphatic heterocycles. The molecule has 76 valence electrons. The quantitative estimate of drug-likeness (QED) is 0.613. The van der Waals surface area contributed by atoms with Crippen molar-refractivity contribution in [1.82, 2.24) is 5.06 Å². The highest BCUT2D eigenvalue weighted by Crippen LogP contribution is 2.09. The Morgan fingerprint density at radius 2 is 2.00 bits per heavy atom. The van der Waals surface area contributed by atoms with E-state index in [1.807, 2.05) is 0 Å². The van der Waals surface area contributed by atoms with Crippen LogP contribution in [0, 0.1) is 0 Å². The van der Waals surface area contributed by atoms with Crippen molar-refractivity contribution in [3.8, 4) is 0 Å². The van der Waals surface area contributed by atoms with Gasteiger partial charge in [0.2, 0.25) is 0 Å². The summed E-state index contributed by atoms with van der Waals surface area (Å²) in [4.78, 5) is 15.8. The maximum Gasteiger partial charge on any atom is 0.356 e. The van der Waals surface area contributed by atoms with Crippen LogP contribution in [0.2, 0.25) is 0 Å². The zero-order valence-corrected chi connectivity index (χ0v) is 7.48. The lowest BCUT2D eigenvalue weighted by Gasteiger charge is -2.25. The Kier molecular flexibility index (Phi) is 4.14. The third kappa shape index (κ3) is 3.30. The van der Waals surface area contributed by atoms with E-state index < -0.39 is 18.7 Å². The maximum atomic E-state index is 11.0.